The minimum Gasteiger partial charge on any atom is -0.374 e. The molecule has 0 amide bonds. The molecule has 1 fully saturated rings. The smallest absolute Gasteiger partial charge is 0.0779 e. The fraction of sp³-hybridized carbons (Fsp3) is 0.538. The summed E-state index contributed by atoms with van der Waals surface area (Å²) < 4.78 is 5.71. The average Bonchev–Trinajstić information content (AvgIpc) is 2.76. The third-order valence-corrected chi connectivity index (χ3v) is 4.44. The van der Waals surface area contributed by atoms with Gasteiger partial charge in [0, 0.05) is 30.3 Å². The number of benzene rings is 1. The van der Waals surface area contributed by atoms with Crippen LogP contribution in [0.2, 0.25) is 15.1 Å². The molecule has 1 aromatic carbocycles. The van der Waals surface area contributed by atoms with Crippen molar-refractivity contribution >= 4 is 34.8 Å². The predicted molar refractivity (Wildman–Crippen MR) is 76.8 cm³/mol. The zero-order valence-electron chi connectivity index (χ0n) is 10.2. The Morgan fingerprint density at radius 3 is 2.67 bits per heavy atom. The largest absolute Gasteiger partial charge is 0.374 e. The molecule has 18 heavy (non-hydrogen) atoms. The van der Waals surface area contributed by atoms with Crippen LogP contribution in [0.15, 0.2) is 12.1 Å². The molecule has 1 saturated heterocycles. The van der Waals surface area contributed by atoms with E-state index in [1.54, 1.807) is 12.1 Å². The van der Waals surface area contributed by atoms with Crippen molar-refractivity contribution in [3.63, 3.8) is 0 Å². The third kappa shape index (κ3) is 3.31. The summed E-state index contributed by atoms with van der Waals surface area (Å²) in [6.07, 6.45) is 2.20. The van der Waals surface area contributed by atoms with E-state index in [1.165, 1.54) is 0 Å². The minimum atomic E-state index is -0.0719. The van der Waals surface area contributed by atoms with E-state index in [0.717, 1.165) is 31.6 Å². The lowest BCUT2D eigenvalue weighted by atomic mass is 10.0. The van der Waals surface area contributed by atoms with Crippen molar-refractivity contribution in [2.45, 2.75) is 31.9 Å². The molecule has 5 heteroatoms. The Balaban J connectivity index is 1.96. The van der Waals surface area contributed by atoms with Crippen molar-refractivity contribution in [2.24, 2.45) is 0 Å². The summed E-state index contributed by atoms with van der Waals surface area (Å²) in [5.41, 5.74) is 0.768. The van der Waals surface area contributed by atoms with Gasteiger partial charge in [0.25, 0.3) is 0 Å². The van der Waals surface area contributed by atoms with E-state index in [0.29, 0.717) is 21.6 Å². The molecule has 0 bridgehead atoms. The second kappa shape index (κ2) is 5.98. The average molecular weight is 309 g/mol. The lowest BCUT2D eigenvalue weighted by molar-refractivity contribution is 0.0207. The van der Waals surface area contributed by atoms with Gasteiger partial charge < -0.3 is 10.1 Å². The van der Waals surface area contributed by atoms with Crippen molar-refractivity contribution in [2.75, 3.05) is 13.2 Å². The summed E-state index contributed by atoms with van der Waals surface area (Å²) in [4.78, 5) is 0. The molecule has 1 heterocycles. The van der Waals surface area contributed by atoms with Crippen molar-refractivity contribution < 1.29 is 4.74 Å². The number of rotatable bonds is 4. The van der Waals surface area contributed by atoms with E-state index in [2.05, 4.69) is 12.2 Å². The van der Waals surface area contributed by atoms with Gasteiger partial charge in [0.1, 0.15) is 0 Å². The van der Waals surface area contributed by atoms with Crippen molar-refractivity contribution in [1.29, 1.82) is 0 Å². The number of ether oxygens (including phenoxy) is 1. The highest BCUT2D eigenvalue weighted by molar-refractivity contribution is 6.44. The van der Waals surface area contributed by atoms with Gasteiger partial charge in [-0.1, -0.05) is 34.8 Å². The first-order valence-corrected chi connectivity index (χ1v) is 7.12. The van der Waals surface area contributed by atoms with Gasteiger partial charge >= 0.3 is 0 Å². The molecule has 0 aliphatic carbocycles. The van der Waals surface area contributed by atoms with Crippen molar-refractivity contribution in [3.8, 4) is 0 Å². The maximum Gasteiger partial charge on any atom is 0.0779 e. The molecule has 2 nitrogen and oxygen atoms in total. The molecule has 100 valence electrons. The Kier molecular flexibility index (Phi) is 4.79. The van der Waals surface area contributed by atoms with Crippen LogP contribution in [0, 0.1) is 0 Å². The predicted octanol–water partition coefficient (Wildman–Crippen LogP) is 4.31. The highest BCUT2D eigenvalue weighted by Gasteiger charge is 2.29. The molecule has 1 aromatic rings. The van der Waals surface area contributed by atoms with E-state index in [-0.39, 0.29) is 5.60 Å². The normalized spacial score (nSPS) is 23.6. The van der Waals surface area contributed by atoms with E-state index in [9.17, 15) is 0 Å². The van der Waals surface area contributed by atoms with Gasteiger partial charge in [-0.25, -0.2) is 0 Å². The second-order valence-corrected chi connectivity index (χ2v) is 6.02. The van der Waals surface area contributed by atoms with Crippen molar-refractivity contribution in [3.05, 3.63) is 32.8 Å². The molecule has 1 unspecified atom stereocenters. The van der Waals surface area contributed by atoms with Gasteiger partial charge in [0.05, 0.1) is 15.6 Å². The van der Waals surface area contributed by atoms with Gasteiger partial charge in [-0.05, 0) is 31.9 Å². The number of hydrogen-bond donors (Lipinski definition) is 1. The van der Waals surface area contributed by atoms with E-state index in [1.807, 2.05) is 0 Å². The van der Waals surface area contributed by atoms with Crippen LogP contribution in [-0.4, -0.2) is 18.8 Å². The zero-order valence-corrected chi connectivity index (χ0v) is 12.5. The first-order chi connectivity index (χ1) is 8.52. The second-order valence-electron chi connectivity index (χ2n) is 4.83. The SMILES string of the molecule is CC1(CNCc2c(Cl)ccc(Cl)c2Cl)CCCO1. The molecule has 0 radical (unpaired) electrons. The topological polar surface area (TPSA) is 21.3 Å². The maximum absolute atomic E-state index is 6.14. The summed E-state index contributed by atoms with van der Waals surface area (Å²) in [7, 11) is 0. The quantitative estimate of drug-likeness (QED) is 0.837. The van der Waals surface area contributed by atoms with Gasteiger partial charge in [0.2, 0.25) is 0 Å². The maximum atomic E-state index is 6.14. The summed E-state index contributed by atoms with van der Waals surface area (Å²) in [6.45, 7) is 4.34. The van der Waals surface area contributed by atoms with E-state index >= 15 is 0 Å². The fourth-order valence-corrected chi connectivity index (χ4v) is 2.84. The molecule has 2 rings (SSSR count). The Morgan fingerprint density at radius 2 is 2.00 bits per heavy atom. The fourth-order valence-electron chi connectivity index (χ4n) is 2.16. The standard InChI is InChI=1S/C13H16Cl3NO/c1-13(5-2-6-18-13)8-17-7-9-10(14)3-4-11(15)12(9)16/h3-4,17H,2,5-8H2,1H3. The lowest BCUT2D eigenvalue weighted by Crippen LogP contribution is -2.36. The summed E-state index contributed by atoms with van der Waals surface area (Å²) in [6, 6.07) is 3.47. The molecular formula is C13H16Cl3NO. The Hall–Kier alpha value is 0.01000. The molecule has 0 saturated carbocycles. The molecule has 1 aliphatic heterocycles. The Morgan fingerprint density at radius 1 is 1.28 bits per heavy atom. The Labute approximate surface area is 123 Å². The minimum absolute atomic E-state index is 0.0719. The van der Waals surface area contributed by atoms with Crippen LogP contribution in [0.25, 0.3) is 0 Å². The van der Waals surface area contributed by atoms with Crippen LogP contribution in [0.1, 0.15) is 25.3 Å². The monoisotopic (exact) mass is 307 g/mol. The molecule has 1 N–H and O–H groups in total. The summed E-state index contributed by atoms with van der Waals surface area (Å²) in [5, 5.41) is 5.03. The third-order valence-electron chi connectivity index (χ3n) is 3.24. The first kappa shape index (κ1) is 14.4. The van der Waals surface area contributed by atoms with Crippen LogP contribution in [0.3, 0.4) is 0 Å². The van der Waals surface area contributed by atoms with Crippen LogP contribution in [0.4, 0.5) is 0 Å². The van der Waals surface area contributed by atoms with Gasteiger partial charge in [-0.3, -0.25) is 0 Å². The van der Waals surface area contributed by atoms with E-state index < -0.39 is 0 Å². The number of hydrogen-bond acceptors (Lipinski definition) is 2. The molecule has 0 spiro atoms. The molecular weight excluding hydrogens is 293 g/mol. The first-order valence-electron chi connectivity index (χ1n) is 5.99. The summed E-state index contributed by atoms with van der Waals surface area (Å²) in [5.74, 6) is 0. The number of nitrogens with one attached hydrogen (secondary N) is 1. The van der Waals surface area contributed by atoms with Crippen molar-refractivity contribution in [1.82, 2.24) is 5.32 Å². The van der Waals surface area contributed by atoms with Crippen LogP contribution >= 0.6 is 34.8 Å². The number of halogens is 3. The van der Waals surface area contributed by atoms with E-state index in [4.69, 9.17) is 39.5 Å². The van der Waals surface area contributed by atoms with Crippen LogP contribution in [-0.2, 0) is 11.3 Å². The summed E-state index contributed by atoms with van der Waals surface area (Å²) >= 11 is 18.2. The van der Waals surface area contributed by atoms with Gasteiger partial charge in [0.15, 0.2) is 0 Å². The van der Waals surface area contributed by atoms with Gasteiger partial charge in [-0.2, -0.15) is 0 Å². The van der Waals surface area contributed by atoms with Crippen LogP contribution < -0.4 is 5.32 Å². The zero-order chi connectivity index (χ0) is 13.2. The Bertz CT molecular complexity index is 430. The molecule has 1 aliphatic rings. The highest BCUT2D eigenvalue weighted by Crippen LogP contribution is 2.31. The molecule has 1 atom stereocenters. The highest BCUT2D eigenvalue weighted by atomic mass is 35.5. The van der Waals surface area contributed by atoms with Crippen LogP contribution in [0.5, 0.6) is 0 Å². The lowest BCUT2D eigenvalue weighted by Gasteiger charge is -2.23. The van der Waals surface area contributed by atoms with Gasteiger partial charge in [-0.15, -0.1) is 0 Å². The molecule has 0 aromatic heterocycles.